The van der Waals surface area contributed by atoms with Crippen LogP contribution in [0, 0.1) is 5.92 Å². The first-order valence-electron chi connectivity index (χ1n) is 11.7. The van der Waals surface area contributed by atoms with Crippen molar-refractivity contribution in [3.05, 3.63) is 29.8 Å². The van der Waals surface area contributed by atoms with Crippen molar-refractivity contribution in [3.63, 3.8) is 0 Å². The largest absolute Gasteiger partial charge is 0.344 e. The minimum Gasteiger partial charge on any atom is -0.344 e. The van der Waals surface area contributed by atoms with Crippen molar-refractivity contribution < 1.29 is 14.4 Å². The second-order valence-electron chi connectivity index (χ2n) is 8.87. The highest BCUT2D eigenvalue weighted by Gasteiger charge is 2.29. The van der Waals surface area contributed by atoms with Gasteiger partial charge in [0.25, 0.3) is 0 Å². The summed E-state index contributed by atoms with van der Waals surface area (Å²) in [5.41, 5.74) is 7.25. The van der Waals surface area contributed by atoms with Gasteiger partial charge in [-0.15, -0.1) is 0 Å². The quantitative estimate of drug-likeness (QED) is 0.592. The Labute approximate surface area is 185 Å². The van der Waals surface area contributed by atoms with Gasteiger partial charge in [-0.2, -0.15) is 0 Å². The van der Waals surface area contributed by atoms with Crippen molar-refractivity contribution in [3.8, 4) is 0 Å². The first-order chi connectivity index (χ1) is 15.0. The number of hydrogen-bond acceptors (Lipinski definition) is 4. The molecule has 3 rings (SSSR count). The number of nitrogens with two attached hydrogens (primary N) is 1. The maximum absolute atomic E-state index is 13.0. The van der Waals surface area contributed by atoms with Gasteiger partial charge in [-0.3, -0.25) is 14.4 Å². The van der Waals surface area contributed by atoms with Crippen LogP contribution >= 0.6 is 0 Å². The van der Waals surface area contributed by atoms with Crippen LogP contribution in [0.3, 0.4) is 0 Å². The molecule has 2 fully saturated rings. The summed E-state index contributed by atoms with van der Waals surface area (Å²) in [6, 6.07) is 6.84. The maximum Gasteiger partial charge on any atom is 0.245 e. The molecule has 0 spiro atoms. The van der Waals surface area contributed by atoms with E-state index in [1.54, 1.807) is 11.0 Å². The third-order valence-electron chi connectivity index (χ3n) is 6.40. The van der Waals surface area contributed by atoms with Crippen molar-refractivity contribution in [1.29, 1.82) is 0 Å². The molecule has 2 aliphatic rings. The van der Waals surface area contributed by atoms with Gasteiger partial charge in [-0.1, -0.05) is 44.2 Å². The lowest BCUT2D eigenvalue weighted by atomic mass is 9.86. The van der Waals surface area contributed by atoms with Gasteiger partial charge in [0.15, 0.2) is 0 Å². The van der Waals surface area contributed by atoms with E-state index in [0.29, 0.717) is 37.5 Å². The van der Waals surface area contributed by atoms with Crippen LogP contribution in [0.25, 0.3) is 0 Å². The highest BCUT2D eigenvalue weighted by Crippen LogP contribution is 2.27. The van der Waals surface area contributed by atoms with Crippen LogP contribution in [0.4, 0.5) is 5.69 Å². The Bertz CT molecular complexity index is 761. The van der Waals surface area contributed by atoms with Gasteiger partial charge in [0.1, 0.15) is 6.04 Å². The van der Waals surface area contributed by atoms with E-state index < -0.39 is 6.04 Å². The molecule has 1 heterocycles. The molecule has 7 heteroatoms. The van der Waals surface area contributed by atoms with Gasteiger partial charge >= 0.3 is 0 Å². The number of anilines is 1. The second kappa shape index (κ2) is 11.8. The first-order valence-corrected chi connectivity index (χ1v) is 11.7. The third-order valence-corrected chi connectivity index (χ3v) is 6.40. The Morgan fingerprint density at radius 2 is 1.81 bits per heavy atom. The number of carbonyl (C=O) groups excluding carboxylic acids is 3. The van der Waals surface area contributed by atoms with E-state index in [1.807, 2.05) is 18.2 Å². The van der Waals surface area contributed by atoms with E-state index in [4.69, 9.17) is 5.73 Å². The zero-order valence-electron chi connectivity index (χ0n) is 18.4. The Hall–Kier alpha value is -2.41. The van der Waals surface area contributed by atoms with Crippen molar-refractivity contribution in [2.75, 3.05) is 18.4 Å². The maximum atomic E-state index is 13.0. The fraction of sp³-hybridized carbons (Fsp3) is 0.625. The van der Waals surface area contributed by atoms with Crippen LogP contribution in [0.5, 0.6) is 0 Å². The second-order valence-corrected chi connectivity index (χ2v) is 8.87. The van der Waals surface area contributed by atoms with Gasteiger partial charge in [-0.25, -0.2) is 0 Å². The summed E-state index contributed by atoms with van der Waals surface area (Å²) in [6.45, 7) is 0.917. The molecular formula is C24H36N4O3. The van der Waals surface area contributed by atoms with Crippen LogP contribution in [0.2, 0.25) is 0 Å². The number of rotatable bonds is 8. The molecule has 0 aromatic heterocycles. The predicted octanol–water partition coefficient (Wildman–Crippen LogP) is 2.94. The molecule has 1 atom stereocenters. The minimum absolute atomic E-state index is 0.0138. The summed E-state index contributed by atoms with van der Waals surface area (Å²) in [5.74, 6) is 0.192. The number of nitrogens with zero attached hydrogens (tertiary/aromatic N) is 1. The zero-order chi connectivity index (χ0) is 22.1. The lowest BCUT2D eigenvalue weighted by Crippen LogP contribution is -2.49. The van der Waals surface area contributed by atoms with E-state index in [2.05, 4.69) is 10.6 Å². The standard InChI is InChI=1S/C24H36N4O3/c25-16-19-9-6-10-20(15-19)26-23(30)17-28-14-5-4-11-21(24(28)31)27-22(29)13-12-18-7-2-1-3-8-18/h6,9-10,15,18,21H,1-5,7-8,11-14,16-17,25H2,(H,26,30)(H,27,29). The summed E-state index contributed by atoms with van der Waals surface area (Å²) < 4.78 is 0. The number of hydrogen-bond donors (Lipinski definition) is 3. The summed E-state index contributed by atoms with van der Waals surface area (Å²) in [4.78, 5) is 39.6. The van der Waals surface area contributed by atoms with Crippen LogP contribution < -0.4 is 16.4 Å². The first kappa shape index (κ1) is 23.3. The van der Waals surface area contributed by atoms with Gasteiger partial charge in [0.05, 0.1) is 6.54 Å². The molecule has 0 bridgehead atoms. The molecule has 7 nitrogen and oxygen atoms in total. The Morgan fingerprint density at radius 3 is 2.58 bits per heavy atom. The molecule has 1 aliphatic carbocycles. The number of benzene rings is 1. The molecule has 1 aromatic rings. The van der Waals surface area contributed by atoms with Crippen molar-refractivity contribution in [1.82, 2.24) is 10.2 Å². The van der Waals surface area contributed by atoms with E-state index in [-0.39, 0.29) is 24.3 Å². The topological polar surface area (TPSA) is 105 Å². The predicted molar refractivity (Wildman–Crippen MR) is 121 cm³/mol. The molecule has 1 unspecified atom stereocenters. The fourth-order valence-electron chi connectivity index (χ4n) is 4.62. The number of nitrogens with one attached hydrogen (secondary N) is 2. The normalized spacial score (nSPS) is 20.2. The summed E-state index contributed by atoms with van der Waals surface area (Å²) in [5, 5.41) is 5.78. The lowest BCUT2D eigenvalue weighted by molar-refractivity contribution is -0.138. The van der Waals surface area contributed by atoms with Crippen molar-refractivity contribution >= 4 is 23.4 Å². The lowest BCUT2D eigenvalue weighted by Gasteiger charge is -2.25. The van der Waals surface area contributed by atoms with Crippen molar-refractivity contribution in [2.24, 2.45) is 11.7 Å². The molecule has 170 valence electrons. The monoisotopic (exact) mass is 428 g/mol. The fourth-order valence-corrected chi connectivity index (χ4v) is 4.62. The molecule has 1 aliphatic heterocycles. The highest BCUT2D eigenvalue weighted by atomic mass is 16.2. The van der Waals surface area contributed by atoms with E-state index >= 15 is 0 Å². The molecule has 3 amide bonds. The number of amides is 3. The zero-order valence-corrected chi connectivity index (χ0v) is 18.4. The molecule has 0 radical (unpaired) electrons. The van der Waals surface area contributed by atoms with Gasteiger partial charge in [0.2, 0.25) is 17.7 Å². The molecule has 1 saturated carbocycles. The van der Waals surface area contributed by atoms with E-state index in [0.717, 1.165) is 24.8 Å². The average molecular weight is 429 g/mol. The summed E-state index contributed by atoms with van der Waals surface area (Å²) >= 11 is 0. The summed E-state index contributed by atoms with van der Waals surface area (Å²) in [7, 11) is 0. The SMILES string of the molecule is NCc1cccc(NC(=O)CN2CCCCC(NC(=O)CCC3CCCCC3)C2=O)c1. The number of likely N-dealkylation sites (tertiary alicyclic amines) is 1. The summed E-state index contributed by atoms with van der Waals surface area (Å²) in [6.07, 6.45) is 9.96. The van der Waals surface area contributed by atoms with Gasteiger partial charge in [-0.05, 0) is 49.3 Å². The Balaban J connectivity index is 1.49. The highest BCUT2D eigenvalue weighted by molar-refractivity contribution is 5.96. The van der Waals surface area contributed by atoms with Gasteiger partial charge in [0, 0.05) is 25.2 Å². The Kier molecular flexibility index (Phi) is 8.88. The molecule has 1 aromatic carbocycles. The van der Waals surface area contributed by atoms with E-state index in [1.165, 1.54) is 32.1 Å². The number of carbonyl (C=O) groups is 3. The third kappa shape index (κ3) is 7.35. The molecule has 4 N–H and O–H groups in total. The van der Waals surface area contributed by atoms with Crippen LogP contribution in [-0.2, 0) is 20.9 Å². The van der Waals surface area contributed by atoms with E-state index in [9.17, 15) is 14.4 Å². The molecular weight excluding hydrogens is 392 g/mol. The average Bonchev–Trinajstić information content (AvgIpc) is 2.95. The van der Waals surface area contributed by atoms with Gasteiger partial charge < -0.3 is 21.3 Å². The van der Waals surface area contributed by atoms with Crippen molar-refractivity contribution in [2.45, 2.75) is 76.8 Å². The smallest absolute Gasteiger partial charge is 0.245 e. The van der Waals surface area contributed by atoms with Crippen LogP contribution in [0.15, 0.2) is 24.3 Å². The van der Waals surface area contributed by atoms with Crippen LogP contribution in [0.1, 0.15) is 69.8 Å². The Morgan fingerprint density at radius 1 is 1.03 bits per heavy atom. The van der Waals surface area contributed by atoms with Crippen LogP contribution in [-0.4, -0.2) is 41.8 Å². The molecule has 31 heavy (non-hydrogen) atoms. The molecule has 1 saturated heterocycles. The minimum atomic E-state index is -0.533.